The van der Waals surface area contributed by atoms with Crippen molar-refractivity contribution in [2.45, 2.75) is 0 Å². The first-order chi connectivity index (χ1) is 5.58. The second-order valence-electron chi connectivity index (χ2n) is 2.32. The Morgan fingerprint density at radius 1 is 1.25 bits per heavy atom. The van der Waals surface area contributed by atoms with Gasteiger partial charge in [0, 0.05) is 5.54 Å². The van der Waals surface area contributed by atoms with Crippen LogP contribution in [0.2, 0.25) is 0 Å². The molecule has 1 atom stereocenters. The van der Waals surface area contributed by atoms with Crippen LogP contribution < -0.4 is 5.30 Å². The van der Waals surface area contributed by atoms with E-state index in [-0.39, 0.29) is 0 Å². The van der Waals surface area contributed by atoms with Gasteiger partial charge in [0.2, 0.25) is 0 Å². The SMILES string of the molecule is O=P(O)(O)/C=[PH2]/c1ccccc1. The standard InChI is InChI=1S/C7H10O3P2/c8-12(9,10)6-11-7-4-2-1-3-5-7/h1-6H,11H2,(H2,8,9,10). The summed E-state index contributed by atoms with van der Waals surface area (Å²) in [5.41, 5.74) is 1.10. The van der Waals surface area contributed by atoms with Crippen molar-refractivity contribution in [2.75, 3.05) is 0 Å². The van der Waals surface area contributed by atoms with Crippen LogP contribution in [0.15, 0.2) is 30.3 Å². The highest BCUT2D eigenvalue weighted by atomic mass is 31.2. The summed E-state index contributed by atoms with van der Waals surface area (Å²) >= 11 is 0. The van der Waals surface area contributed by atoms with E-state index >= 15 is 0 Å². The highest BCUT2D eigenvalue weighted by molar-refractivity contribution is 7.80. The molecule has 3 nitrogen and oxygen atoms in total. The Bertz CT molecular complexity index is 315. The molecule has 0 amide bonds. The maximum Gasteiger partial charge on any atom is 0.348 e. The molecule has 1 aromatic rings. The summed E-state index contributed by atoms with van der Waals surface area (Å²) in [6.45, 7) is 0. The van der Waals surface area contributed by atoms with E-state index in [1.165, 1.54) is 0 Å². The molecule has 0 radical (unpaired) electrons. The lowest BCUT2D eigenvalue weighted by Gasteiger charge is -1.94. The van der Waals surface area contributed by atoms with Gasteiger partial charge in [-0.05, 0) is 5.30 Å². The minimum absolute atomic E-state index is 0.418. The Labute approximate surface area is 72.0 Å². The normalized spacial score (nSPS) is 12.8. The van der Waals surface area contributed by atoms with Gasteiger partial charge >= 0.3 is 7.60 Å². The smallest absolute Gasteiger partial charge is 0.321 e. The van der Waals surface area contributed by atoms with Crippen molar-refractivity contribution in [1.82, 2.24) is 0 Å². The summed E-state index contributed by atoms with van der Waals surface area (Å²) in [6, 6.07) is 9.31. The molecule has 0 aliphatic heterocycles. The molecule has 0 heterocycles. The summed E-state index contributed by atoms with van der Waals surface area (Å²) in [6.07, 6.45) is 0. The van der Waals surface area contributed by atoms with Crippen LogP contribution in [0.1, 0.15) is 0 Å². The maximum absolute atomic E-state index is 10.5. The van der Waals surface area contributed by atoms with E-state index in [0.29, 0.717) is 0 Å². The predicted molar refractivity (Wildman–Crippen MR) is 53.9 cm³/mol. The number of benzene rings is 1. The largest absolute Gasteiger partial charge is 0.348 e. The third kappa shape index (κ3) is 3.89. The average molecular weight is 204 g/mol. The molecule has 2 N–H and O–H groups in total. The fourth-order valence-corrected chi connectivity index (χ4v) is 2.66. The Hall–Kier alpha value is -0.330. The molecule has 0 aliphatic rings. The molecular weight excluding hydrogens is 194 g/mol. The van der Waals surface area contributed by atoms with Crippen LogP contribution in [0.3, 0.4) is 0 Å². The third-order valence-electron chi connectivity index (χ3n) is 1.26. The van der Waals surface area contributed by atoms with Crippen LogP contribution in [0.5, 0.6) is 0 Å². The van der Waals surface area contributed by atoms with Crippen molar-refractivity contribution in [1.29, 1.82) is 0 Å². The van der Waals surface area contributed by atoms with E-state index in [9.17, 15) is 4.57 Å². The highest BCUT2D eigenvalue weighted by Crippen LogP contribution is 2.32. The molecule has 1 aromatic carbocycles. The van der Waals surface area contributed by atoms with E-state index in [0.717, 1.165) is 10.8 Å². The van der Waals surface area contributed by atoms with E-state index in [4.69, 9.17) is 9.79 Å². The van der Waals surface area contributed by atoms with Gasteiger partial charge < -0.3 is 9.79 Å². The summed E-state index contributed by atoms with van der Waals surface area (Å²) in [7, 11) is -4.34. The lowest BCUT2D eigenvalue weighted by molar-refractivity contribution is 0.393. The molecular formula is C7H10O3P2. The van der Waals surface area contributed by atoms with Crippen LogP contribution in [-0.4, -0.2) is 15.3 Å². The molecule has 0 bridgehead atoms. The third-order valence-corrected chi connectivity index (χ3v) is 4.18. The van der Waals surface area contributed by atoms with Gasteiger partial charge in [0.05, 0.1) is 0 Å². The summed E-state index contributed by atoms with van der Waals surface area (Å²) in [5, 5.41) is 0.987. The fourth-order valence-electron chi connectivity index (χ4n) is 0.747. The van der Waals surface area contributed by atoms with E-state index in [1.54, 1.807) is 0 Å². The first kappa shape index (κ1) is 9.76. The first-order valence-electron chi connectivity index (χ1n) is 3.37. The minimum atomic E-state index is -3.92. The summed E-state index contributed by atoms with van der Waals surface area (Å²) in [5.74, 6) is 0. The molecule has 0 saturated heterocycles. The van der Waals surface area contributed by atoms with E-state index in [1.807, 2.05) is 30.3 Å². The quantitative estimate of drug-likeness (QED) is 0.695. The second-order valence-corrected chi connectivity index (χ2v) is 5.69. The zero-order chi connectivity index (χ0) is 9.03. The van der Waals surface area contributed by atoms with Crippen LogP contribution in [0.4, 0.5) is 0 Å². The number of hydrogen-bond acceptors (Lipinski definition) is 1. The van der Waals surface area contributed by atoms with Gasteiger partial charge in [-0.3, -0.25) is 4.57 Å². The molecule has 0 aliphatic carbocycles. The molecule has 0 saturated carbocycles. The maximum atomic E-state index is 10.5. The van der Waals surface area contributed by atoms with Crippen molar-refractivity contribution in [3.63, 3.8) is 0 Å². The van der Waals surface area contributed by atoms with Gasteiger partial charge in [0.1, 0.15) is 0 Å². The average Bonchev–Trinajstić information content (AvgIpc) is 2.02. The van der Waals surface area contributed by atoms with Crippen LogP contribution in [0.25, 0.3) is 0 Å². The van der Waals surface area contributed by atoms with Crippen molar-refractivity contribution in [3.8, 4) is 0 Å². The molecule has 1 rings (SSSR count). The molecule has 0 spiro atoms. The topological polar surface area (TPSA) is 57.5 Å². The van der Waals surface area contributed by atoms with Gasteiger partial charge in [-0.1, -0.05) is 38.5 Å². The number of rotatable bonds is 2. The van der Waals surface area contributed by atoms with Crippen LogP contribution in [0, 0.1) is 0 Å². The molecule has 5 heteroatoms. The van der Waals surface area contributed by atoms with Crippen molar-refractivity contribution in [3.05, 3.63) is 30.3 Å². The number of hydrogen-bond donors (Lipinski definition) is 2. The molecule has 66 valence electrons. The van der Waals surface area contributed by atoms with Crippen LogP contribution in [-0.2, 0) is 4.57 Å². The summed E-state index contributed by atoms with van der Waals surface area (Å²) < 4.78 is 10.5. The van der Waals surface area contributed by atoms with Gasteiger partial charge in [-0.15, -0.1) is 0 Å². The van der Waals surface area contributed by atoms with E-state index in [2.05, 4.69) is 0 Å². The highest BCUT2D eigenvalue weighted by Gasteiger charge is 2.04. The van der Waals surface area contributed by atoms with Gasteiger partial charge in [-0.2, -0.15) is 0 Å². The monoisotopic (exact) mass is 204 g/mol. The Morgan fingerprint density at radius 3 is 2.33 bits per heavy atom. The van der Waals surface area contributed by atoms with E-state index < -0.39 is 15.8 Å². The first-order valence-corrected chi connectivity index (χ1v) is 6.30. The molecule has 0 fully saturated rings. The Balaban J connectivity index is 2.78. The van der Waals surface area contributed by atoms with Gasteiger partial charge in [0.25, 0.3) is 0 Å². The predicted octanol–water partition coefficient (Wildman–Crippen LogP) is 0.660. The second kappa shape index (κ2) is 4.06. The molecule has 1 unspecified atom stereocenters. The Kier molecular flexibility index (Phi) is 3.30. The minimum Gasteiger partial charge on any atom is -0.321 e. The van der Waals surface area contributed by atoms with Crippen molar-refractivity contribution >= 4 is 26.6 Å². The van der Waals surface area contributed by atoms with Gasteiger partial charge in [0.15, 0.2) is 0 Å². The lowest BCUT2D eigenvalue weighted by Crippen LogP contribution is -1.88. The molecule has 0 aromatic heterocycles. The Morgan fingerprint density at radius 2 is 1.83 bits per heavy atom. The zero-order valence-electron chi connectivity index (χ0n) is 6.29. The van der Waals surface area contributed by atoms with Crippen LogP contribution >= 0.6 is 15.8 Å². The van der Waals surface area contributed by atoms with Gasteiger partial charge in [-0.25, -0.2) is 0 Å². The fraction of sp³-hybridized carbons (Fsp3) is 0. The molecule has 12 heavy (non-hydrogen) atoms. The summed E-state index contributed by atoms with van der Waals surface area (Å²) in [4.78, 5) is 17.1. The van der Waals surface area contributed by atoms with Crippen molar-refractivity contribution < 1.29 is 14.4 Å². The van der Waals surface area contributed by atoms with Crippen molar-refractivity contribution in [2.24, 2.45) is 0 Å². The zero-order valence-corrected chi connectivity index (χ0v) is 8.34. The lowest BCUT2D eigenvalue weighted by atomic mass is 10.4.